The molecule has 30 heavy (non-hydrogen) atoms. The van der Waals surface area contributed by atoms with Crippen molar-refractivity contribution < 1.29 is 14.3 Å². The monoisotopic (exact) mass is 430 g/mol. The molecule has 1 aliphatic rings. The Labute approximate surface area is 184 Å². The highest BCUT2D eigenvalue weighted by Crippen LogP contribution is 2.26. The van der Waals surface area contributed by atoms with Crippen LogP contribution in [0.15, 0.2) is 42.5 Å². The molecule has 0 saturated carbocycles. The maximum atomic E-state index is 12.4. The zero-order valence-electron chi connectivity index (χ0n) is 17.8. The van der Waals surface area contributed by atoms with Crippen LogP contribution in [-0.2, 0) is 17.9 Å². The van der Waals surface area contributed by atoms with E-state index >= 15 is 0 Å². The SMILES string of the molecule is COc1ccc(CNC(=O)CCC2CCCN(Cc3ccccc3Cl)C2)c(OC)c1. The number of likely N-dealkylation sites (tertiary alicyclic amines) is 1. The van der Waals surface area contributed by atoms with E-state index < -0.39 is 0 Å². The summed E-state index contributed by atoms with van der Waals surface area (Å²) < 4.78 is 10.6. The van der Waals surface area contributed by atoms with E-state index in [1.54, 1.807) is 14.2 Å². The first-order valence-corrected chi connectivity index (χ1v) is 10.9. The van der Waals surface area contributed by atoms with Gasteiger partial charge in [-0.2, -0.15) is 0 Å². The van der Waals surface area contributed by atoms with Crippen molar-refractivity contribution in [3.8, 4) is 11.5 Å². The summed E-state index contributed by atoms with van der Waals surface area (Å²) in [5, 5.41) is 3.85. The second-order valence-electron chi connectivity index (χ2n) is 7.83. The molecule has 0 radical (unpaired) electrons. The van der Waals surface area contributed by atoms with Gasteiger partial charge in [0.25, 0.3) is 0 Å². The van der Waals surface area contributed by atoms with Gasteiger partial charge < -0.3 is 14.8 Å². The van der Waals surface area contributed by atoms with Crippen molar-refractivity contribution in [2.45, 2.75) is 38.8 Å². The molecular weight excluding hydrogens is 400 g/mol. The average Bonchev–Trinajstić information content (AvgIpc) is 2.78. The third kappa shape index (κ3) is 6.38. The van der Waals surface area contributed by atoms with Crippen LogP contribution in [0.1, 0.15) is 36.8 Å². The number of hydrogen-bond acceptors (Lipinski definition) is 4. The number of ether oxygens (including phenoxy) is 2. The third-order valence-corrected chi connectivity index (χ3v) is 6.07. The van der Waals surface area contributed by atoms with E-state index in [1.165, 1.54) is 18.4 Å². The Hall–Kier alpha value is -2.24. The highest BCUT2D eigenvalue weighted by molar-refractivity contribution is 6.31. The molecule has 2 aromatic rings. The van der Waals surface area contributed by atoms with Gasteiger partial charge in [-0.15, -0.1) is 0 Å². The fraction of sp³-hybridized carbons (Fsp3) is 0.458. The number of halogens is 1. The number of rotatable bonds is 9. The van der Waals surface area contributed by atoms with E-state index in [-0.39, 0.29) is 5.91 Å². The van der Waals surface area contributed by atoms with E-state index in [2.05, 4.69) is 16.3 Å². The Kier molecular flexibility index (Phi) is 8.40. The molecule has 1 atom stereocenters. The lowest BCUT2D eigenvalue weighted by atomic mass is 9.93. The number of piperidine rings is 1. The predicted molar refractivity (Wildman–Crippen MR) is 120 cm³/mol. The zero-order chi connectivity index (χ0) is 21.3. The van der Waals surface area contributed by atoms with Gasteiger partial charge in [-0.25, -0.2) is 0 Å². The van der Waals surface area contributed by atoms with Crippen LogP contribution in [0.4, 0.5) is 0 Å². The first-order chi connectivity index (χ1) is 14.6. The molecule has 1 saturated heterocycles. The molecule has 0 bridgehead atoms. The topological polar surface area (TPSA) is 50.8 Å². The fourth-order valence-electron chi connectivity index (χ4n) is 4.01. The van der Waals surface area contributed by atoms with Crippen LogP contribution < -0.4 is 14.8 Å². The van der Waals surface area contributed by atoms with Gasteiger partial charge in [0.15, 0.2) is 0 Å². The van der Waals surface area contributed by atoms with Gasteiger partial charge in [-0.1, -0.05) is 29.8 Å². The Morgan fingerprint density at radius 3 is 2.77 bits per heavy atom. The Balaban J connectivity index is 1.44. The van der Waals surface area contributed by atoms with Crippen LogP contribution in [0.5, 0.6) is 11.5 Å². The number of carbonyl (C=O) groups excluding carboxylic acids is 1. The number of carbonyl (C=O) groups is 1. The normalized spacial score (nSPS) is 16.8. The third-order valence-electron chi connectivity index (χ3n) is 5.70. The smallest absolute Gasteiger partial charge is 0.220 e. The molecule has 3 rings (SSSR count). The summed E-state index contributed by atoms with van der Waals surface area (Å²) in [6.45, 7) is 3.44. The molecule has 5 nitrogen and oxygen atoms in total. The second-order valence-corrected chi connectivity index (χ2v) is 8.24. The van der Waals surface area contributed by atoms with Crippen molar-refractivity contribution in [1.29, 1.82) is 0 Å². The van der Waals surface area contributed by atoms with E-state index in [1.807, 2.05) is 36.4 Å². The Morgan fingerprint density at radius 2 is 2.00 bits per heavy atom. The number of nitrogens with one attached hydrogen (secondary N) is 1. The number of nitrogens with zero attached hydrogens (tertiary/aromatic N) is 1. The summed E-state index contributed by atoms with van der Waals surface area (Å²) in [4.78, 5) is 14.8. The Bertz CT molecular complexity index is 843. The van der Waals surface area contributed by atoms with E-state index in [9.17, 15) is 4.79 Å². The lowest BCUT2D eigenvalue weighted by Gasteiger charge is -2.33. The van der Waals surface area contributed by atoms with Crippen LogP contribution >= 0.6 is 11.6 Å². The van der Waals surface area contributed by atoms with E-state index in [0.29, 0.717) is 18.9 Å². The van der Waals surface area contributed by atoms with Gasteiger partial charge in [0.1, 0.15) is 11.5 Å². The van der Waals surface area contributed by atoms with Crippen LogP contribution in [0.2, 0.25) is 5.02 Å². The number of methoxy groups -OCH3 is 2. The highest BCUT2D eigenvalue weighted by atomic mass is 35.5. The summed E-state index contributed by atoms with van der Waals surface area (Å²) in [5.41, 5.74) is 2.11. The first-order valence-electron chi connectivity index (χ1n) is 10.5. The molecule has 1 amide bonds. The van der Waals surface area contributed by atoms with Gasteiger partial charge in [0.2, 0.25) is 5.91 Å². The highest BCUT2D eigenvalue weighted by Gasteiger charge is 2.21. The molecule has 1 aliphatic heterocycles. The minimum absolute atomic E-state index is 0.0797. The molecule has 0 aromatic heterocycles. The van der Waals surface area contributed by atoms with E-state index in [4.69, 9.17) is 21.1 Å². The van der Waals surface area contributed by atoms with Crippen molar-refractivity contribution in [2.24, 2.45) is 5.92 Å². The summed E-state index contributed by atoms with van der Waals surface area (Å²) >= 11 is 6.31. The maximum absolute atomic E-state index is 12.4. The molecule has 1 heterocycles. The lowest BCUT2D eigenvalue weighted by molar-refractivity contribution is -0.121. The Morgan fingerprint density at radius 1 is 1.17 bits per heavy atom. The predicted octanol–water partition coefficient (Wildman–Crippen LogP) is 4.67. The lowest BCUT2D eigenvalue weighted by Crippen LogP contribution is -2.35. The van der Waals surface area contributed by atoms with Crippen LogP contribution in [-0.4, -0.2) is 38.1 Å². The second kappa shape index (κ2) is 11.2. The van der Waals surface area contributed by atoms with Gasteiger partial charge in [-0.3, -0.25) is 9.69 Å². The summed E-state index contributed by atoms with van der Waals surface area (Å²) in [6.07, 6.45) is 3.80. The van der Waals surface area contributed by atoms with Gasteiger partial charge in [0.05, 0.1) is 14.2 Å². The number of benzene rings is 2. The van der Waals surface area contributed by atoms with Crippen LogP contribution in [0, 0.1) is 5.92 Å². The van der Waals surface area contributed by atoms with E-state index in [0.717, 1.165) is 48.1 Å². The minimum Gasteiger partial charge on any atom is -0.497 e. The molecule has 0 aliphatic carbocycles. The largest absolute Gasteiger partial charge is 0.497 e. The van der Waals surface area contributed by atoms with Crippen molar-refractivity contribution in [1.82, 2.24) is 10.2 Å². The fourth-order valence-corrected chi connectivity index (χ4v) is 4.21. The molecule has 1 N–H and O–H groups in total. The van der Waals surface area contributed by atoms with Crippen molar-refractivity contribution >= 4 is 17.5 Å². The molecule has 1 unspecified atom stereocenters. The summed E-state index contributed by atoms with van der Waals surface area (Å²) in [7, 11) is 3.24. The van der Waals surface area contributed by atoms with Crippen LogP contribution in [0.3, 0.4) is 0 Å². The molecule has 162 valence electrons. The summed E-state index contributed by atoms with van der Waals surface area (Å²) in [5.74, 6) is 2.08. The zero-order valence-corrected chi connectivity index (χ0v) is 18.6. The molecule has 0 spiro atoms. The standard InChI is InChI=1S/C24H31ClN2O3/c1-29-21-11-10-19(23(14-21)30-2)15-26-24(28)12-9-18-6-5-13-27(16-18)17-20-7-3-4-8-22(20)25/h3-4,7-8,10-11,14,18H,5-6,9,12-13,15-17H2,1-2H3,(H,26,28). The van der Waals surface area contributed by atoms with Gasteiger partial charge >= 0.3 is 0 Å². The van der Waals surface area contributed by atoms with Crippen LogP contribution in [0.25, 0.3) is 0 Å². The van der Waals surface area contributed by atoms with Crippen molar-refractivity contribution in [3.63, 3.8) is 0 Å². The number of hydrogen-bond donors (Lipinski definition) is 1. The molecular formula is C24H31ClN2O3. The van der Waals surface area contributed by atoms with Crippen molar-refractivity contribution in [3.05, 3.63) is 58.6 Å². The first kappa shape index (κ1) is 22.4. The molecule has 1 fully saturated rings. The summed E-state index contributed by atoms with van der Waals surface area (Å²) in [6, 6.07) is 13.7. The van der Waals surface area contributed by atoms with Crippen molar-refractivity contribution in [2.75, 3.05) is 27.3 Å². The number of amides is 1. The quantitative estimate of drug-likeness (QED) is 0.628. The maximum Gasteiger partial charge on any atom is 0.220 e. The molecule has 2 aromatic carbocycles. The molecule has 6 heteroatoms. The van der Waals surface area contributed by atoms with Gasteiger partial charge in [0, 0.05) is 42.7 Å². The van der Waals surface area contributed by atoms with Gasteiger partial charge in [-0.05, 0) is 55.5 Å². The minimum atomic E-state index is 0.0797. The average molecular weight is 431 g/mol.